The first-order chi connectivity index (χ1) is 13.0. The molecule has 0 spiro atoms. The second-order valence-electron chi connectivity index (χ2n) is 7.02. The van der Waals surface area contributed by atoms with E-state index in [0.29, 0.717) is 12.2 Å². The molecule has 27 heavy (non-hydrogen) atoms. The van der Waals surface area contributed by atoms with Crippen molar-refractivity contribution in [1.29, 1.82) is 0 Å². The summed E-state index contributed by atoms with van der Waals surface area (Å²) >= 11 is 0. The first kappa shape index (κ1) is 17.5. The van der Waals surface area contributed by atoms with E-state index in [4.69, 9.17) is 0 Å². The fourth-order valence-corrected chi connectivity index (χ4v) is 3.93. The van der Waals surface area contributed by atoms with Crippen LogP contribution >= 0.6 is 0 Å². The fraction of sp³-hybridized carbons (Fsp3) is 0.350. The number of rotatable bonds is 3. The molecule has 1 N–H and O–H groups in total. The molecular formula is C20H22FN5O. The molecule has 4 rings (SSSR count). The van der Waals surface area contributed by atoms with E-state index in [1.807, 2.05) is 18.5 Å². The average Bonchev–Trinajstić information content (AvgIpc) is 2.92. The summed E-state index contributed by atoms with van der Waals surface area (Å²) in [4.78, 5) is 23.6. The van der Waals surface area contributed by atoms with Gasteiger partial charge in [0.15, 0.2) is 0 Å². The lowest BCUT2D eigenvalue weighted by atomic mass is 10.1. The van der Waals surface area contributed by atoms with Gasteiger partial charge in [-0.2, -0.15) is 0 Å². The van der Waals surface area contributed by atoms with E-state index in [2.05, 4.69) is 20.2 Å². The molecule has 2 aromatic heterocycles. The maximum absolute atomic E-state index is 13.6. The van der Waals surface area contributed by atoms with Crippen molar-refractivity contribution in [2.75, 3.05) is 18.0 Å². The second-order valence-corrected chi connectivity index (χ2v) is 7.02. The smallest absolute Gasteiger partial charge is 0.268 e. The van der Waals surface area contributed by atoms with Gasteiger partial charge < -0.3 is 14.8 Å². The van der Waals surface area contributed by atoms with Gasteiger partial charge in [-0.15, -0.1) is 0 Å². The van der Waals surface area contributed by atoms with Crippen molar-refractivity contribution in [2.45, 2.75) is 25.8 Å². The van der Waals surface area contributed by atoms with Crippen molar-refractivity contribution < 1.29 is 9.18 Å². The maximum atomic E-state index is 13.6. The first-order valence-corrected chi connectivity index (χ1v) is 9.11. The number of aromatic nitrogens is 3. The van der Waals surface area contributed by atoms with Gasteiger partial charge in [-0.3, -0.25) is 9.78 Å². The van der Waals surface area contributed by atoms with Crippen LogP contribution in [0.2, 0.25) is 0 Å². The molecule has 0 aliphatic carbocycles. The topological polar surface area (TPSA) is 63.1 Å². The number of nitrogens with zero attached hydrogens (tertiary/aromatic N) is 4. The maximum Gasteiger partial charge on any atom is 0.268 e. The number of aryl methyl sites for hydroxylation is 2. The Bertz CT molecular complexity index is 985. The summed E-state index contributed by atoms with van der Waals surface area (Å²) in [5.74, 6) is 0.403. The van der Waals surface area contributed by atoms with Crippen molar-refractivity contribution >= 4 is 22.6 Å². The second kappa shape index (κ2) is 6.98. The normalized spacial score (nSPS) is 17.3. The van der Waals surface area contributed by atoms with Crippen LogP contribution in [0.5, 0.6) is 0 Å². The molecule has 0 bridgehead atoms. The number of halogens is 1. The van der Waals surface area contributed by atoms with Gasteiger partial charge in [-0.1, -0.05) is 0 Å². The number of hydrogen-bond acceptors (Lipinski definition) is 4. The molecule has 1 fully saturated rings. The van der Waals surface area contributed by atoms with Crippen molar-refractivity contribution in [3.63, 3.8) is 0 Å². The van der Waals surface area contributed by atoms with Gasteiger partial charge in [-0.25, -0.2) is 9.37 Å². The Kier molecular flexibility index (Phi) is 4.51. The number of hydrogen-bond donors (Lipinski definition) is 1. The molecule has 1 atom stereocenters. The van der Waals surface area contributed by atoms with Crippen LogP contribution in [0.25, 0.3) is 10.9 Å². The Balaban J connectivity index is 1.55. The summed E-state index contributed by atoms with van der Waals surface area (Å²) in [6, 6.07) is 4.65. The summed E-state index contributed by atoms with van der Waals surface area (Å²) in [7, 11) is 1.84. The third-order valence-electron chi connectivity index (χ3n) is 5.26. The van der Waals surface area contributed by atoms with Gasteiger partial charge in [0.25, 0.3) is 5.91 Å². The van der Waals surface area contributed by atoms with E-state index in [-0.39, 0.29) is 17.8 Å². The highest BCUT2D eigenvalue weighted by molar-refractivity contribution is 6.01. The summed E-state index contributed by atoms with van der Waals surface area (Å²) in [6.07, 6.45) is 6.96. The molecule has 1 saturated heterocycles. The van der Waals surface area contributed by atoms with Crippen LogP contribution in [0.15, 0.2) is 36.8 Å². The van der Waals surface area contributed by atoms with E-state index in [1.54, 1.807) is 24.7 Å². The van der Waals surface area contributed by atoms with Gasteiger partial charge in [-0.05, 0) is 43.5 Å². The molecule has 1 amide bonds. The Hall–Kier alpha value is -2.96. The van der Waals surface area contributed by atoms with Crippen LogP contribution in [0, 0.1) is 12.7 Å². The molecule has 0 unspecified atom stereocenters. The highest BCUT2D eigenvalue weighted by Crippen LogP contribution is 2.26. The zero-order valence-corrected chi connectivity index (χ0v) is 15.4. The molecular weight excluding hydrogens is 345 g/mol. The largest absolute Gasteiger partial charge is 0.353 e. The van der Waals surface area contributed by atoms with E-state index in [9.17, 15) is 9.18 Å². The summed E-state index contributed by atoms with van der Waals surface area (Å²) in [5.41, 5.74) is 2.22. The zero-order valence-electron chi connectivity index (χ0n) is 15.4. The first-order valence-electron chi connectivity index (χ1n) is 9.11. The van der Waals surface area contributed by atoms with Crippen LogP contribution in [0.1, 0.15) is 28.9 Å². The monoisotopic (exact) mass is 367 g/mol. The van der Waals surface area contributed by atoms with Crippen LogP contribution in [-0.4, -0.2) is 39.6 Å². The predicted octanol–water partition coefficient (Wildman–Crippen LogP) is 2.81. The molecule has 0 radical (unpaired) electrons. The van der Waals surface area contributed by atoms with E-state index in [0.717, 1.165) is 41.7 Å². The Morgan fingerprint density at radius 3 is 2.96 bits per heavy atom. The summed E-state index contributed by atoms with van der Waals surface area (Å²) in [5, 5.41) is 3.92. The third-order valence-corrected chi connectivity index (χ3v) is 5.26. The van der Waals surface area contributed by atoms with Crippen LogP contribution < -0.4 is 10.2 Å². The number of amides is 1. The Labute approximate surface area is 157 Å². The van der Waals surface area contributed by atoms with Crippen molar-refractivity contribution in [3.8, 4) is 0 Å². The third kappa shape index (κ3) is 3.25. The van der Waals surface area contributed by atoms with Gasteiger partial charge in [0.1, 0.15) is 17.3 Å². The minimum atomic E-state index is -0.296. The molecule has 1 aliphatic heterocycles. The van der Waals surface area contributed by atoms with Gasteiger partial charge in [0.05, 0.1) is 6.20 Å². The molecule has 1 aromatic carbocycles. The molecule has 3 heterocycles. The molecule has 3 aromatic rings. The van der Waals surface area contributed by atoms with E-state index >= 15 is 0 Å². The number of carbonyl (C=O) groups is 1. The standard InChI is InChI=1S/C20H22FN5O/c1-13-16-10-14(21)5-6-17(16)25(2)19(13)20(27)24-15-4-3-9-26(12-15)18-11-22-7-8-23-18/h5-8,10-11,15H,3-4,9,12H2,1-2H3,(H,24,27)/t15-/m1/s1. The molecule has 0 saturated carbocycles. The number of carbonyl (C=O) groups excluding carboxylic acids is 1. The number of anilines is 1. The van der Waals surface area contributed by atoms with Crippen molar-refractivity contribution in [2.24, 2.45) is 7.05 Å². The quantitative estimate of drug-likeness (QED) is 0.773. The summed E-state index contributed by atoms with van der Waals surface area (Å²) < 4.78 is 15.4. The Morgan fingerprint density at radius 1 is 1.33 bits per heavy atom. The zero-order chi connectivity index (χ0) is 19.0. The predicted molar refractivity (Wildman–Crippen MR) is 102 cm³/mol. The lowest BCUT2D eigenvalue weighted by molar-refractivity contribution is 0.0924. The SMILES string of the molecule is Cc1c(C(=O)N[C@@H]2CCCN(c3cnccn3)C2)n(C)c2ccc(F)cc12. The lowest BCUT2D eigenvalue weighted by Gasteiger charge is -2.33. The lowest BCUT2D eigenvalue weighted by Crippen LogP contribution is -2.48. The van der Waals surface area contributed by atoms with Crippen LogP contribution in [0.3, 0.4) is 0 Å². The van der Waals surface area contributed by atoms with Gasteiger partial charge in [0.2, 0.25) is 0 Å². The molecule has 7 heteroatoms. The average molecular weight is 367 g/mol. The van der Waals surface area contributed by atoms with Crippen LogP contribution in [0.4, 0.5) is 10.2 Å². The van der Waals surface area contributed by atoms with Crippen LogP contribution in [-0.2, 0) is 7.05 Å². The van der Waals surface area contributed by atoms with E-state index < -0.39 is 0 Å². The number of piperidine rings is 1. The van der Waals surface area contributed by atoms with Crippen molar-refractivity contribution in [1.82, 2.24) is 19.9 Å². The highest BCUT2D eigenvalue weighted by Gasteiger charge is 2.25. The fourth-order valence-electron chi connectivity index (χ4n) is 3.93. The minimum Gasteiger partial charge on any atom is -0.353 e. The molecule has 1 aliphatic rings. The molecule has 140 valence electrons. The van der Waals surface area contributed by atoms with Gasteiger partial charge in [0, 0.05) is 49.5 Å². The highest BCUT2D eigenvalue weighted by atomic mass is 19.1. The van der Waals surface area contributed by atoms with Gasteiger partial charge >= 0.3 is 0 Å². The summed E-state index contributed by atoms with van der Waals surface area (Å²) in [6.45, 7) is 3.46. The number of nitrogens with one attached hydrogen (secondary N) is 1. The minimum absolute atomic E-state index is 0.0300. The number of benzene rings is 1. The Morgan fingerprint density at radius 2 is 2.19 bits per heavy atom. The molecule has 6 nitrogen and oxygen atoms in total. The van der Waals surface area contributed by atoms with E-state index in [1.165, 1.54) is 12.1 Å². The number of fused-ring (bicyclic) bond motifs is 1. The van der Waals surface area contributed by atoms with Crippen molar-refractivity contribution in [3.05, 3.63) is 53.9 Å².